The molecule has 0 N–H and O–H groups in total. The minimum absolute atomic E-state index is 0.790. The van der Waals surface area contributed by atoms with Crippen LogP contribution >= 0.6 is 15.9 Å². The number of hydrogen-bond donors (Lipinski definition) is 0. The quantitative estimate of drug-likeness (QED) is 0.201. The van der Waals surface area contributed by atoms with Crippen molar-refractivity contribution in [2.24, 2.45) is 0 Å². The highest BCUT2D eigenvalue weighted by molar-refractivity contribution is 9.09. The van der Waals surface area contributed by atoms with E-state index in [4.69, 9.17) is 9.47 Å². The average molecular weight is 449 g/mol. The summed E-state index contributed by atoms with van der Waals surface area (Å²) in [7, 11) is 0. The normalized spacial score (nSPS) is 11.1. The summed E-state index contributed by atoms with van der Waals surface area (Å²) in [5.74, 6) is 1.96. The monoisotopic (exact) mass is 448 g/mol. The molecule has 0 radical (unpaired) electrons. The number of halogens is 1. The van der Waals surface area contributed by atoms with Crippen LogP contribution in [0.4, 0.5) is 0 Å². The molecule has 0 saturated carbocycles. The van der Waals surface area contributed by atoms with Crippen LogP contribution in [-0.4, -0.2) is 18.5 Å². The van der Waals surface area contributed by atoms with Gasteiger partial charge in [0.05, 0.1) is 13.2 Å². The maximum absolute atomic E-state index is 6.15. The number of fused-ring (bicyclic) bond motifs is 1. The number of alkyl halides is 1. The van der Waals surface area contributed by atoms with Crippen LogP contribution in [0.25, 0.3) is 10.8 Å². The number of aryl methyl sites for hydroxylation is 1. The van der Waals surface area contributed by atoms with Gasteiger partial charge < -0.3 is 9.47 Å². The lowest BCUT2D eigenvalue weighted by atomic mass is 10.1. The van der Waals surface area contributed by atoms with E-state index in [0.29, 0.717) is 0 Å². The third-order valence-electron chi connectivity index (χ3n) is 5.13. The number of hydrogen-bond acceptors (Lipinski definition) is 2. The van der Waals surface area contributed by atoms with Crippen molar-refractivity contribution in [1.29, 1.82) is 0 Å². The minimum atomic E-state index is 0.790. The first-order valence-corrected chi connectivity index (χ1v) is 12.2. The first-order valence-electron chi connectivity index (χ1n) is 11.1. The fraction of sp³-hybridized carbons (Fsp3) is 0.600. The first-order chi connectivity index (χ1) is 13.8. The van der Waals surface area contributed by atoms with Crippen LogP contribution in [0.15, 0.2) is 30.3 Å². The maximum Gasteiger partial charge on any atom is 0.127 e. The van der Waals surface area contributed by atoms with Crippen molar-refractivity contribution in [2.45, 2.75) is 78.1 Å². The molecule has 0 aliphatic rings. The molecule has 2 nitrogen and oxygen atoms in total. The van der Waals surface area contributed by atoms with E-state index in [1.54, 1.807) is 0 Å². The van der Waals surface area contributed by atoms with Crippen LogP contribution in [0.5, 0.6) is 11.5 Å². The first kappa shape index (κ1) is 23.1. The van der Waals surface area contributed by atoms with Gasteiger partial charge in [0.1, 0.15) is 11.5 Å². The molecule has 0 heterocycles. The standard InChI is InChI=1S/C25H37BrO2/c1-3-4-5-11-18-27-24-15-16-25(23-20-21(2)13-14-22(23)24)28-19-12-9-7-6-8-10-17-26/h13-16,20H,3-12,17-19H2,1-2H3. The van der Waals surface area contributed by atoms with E-state index >= 15 is 0 Å². The molecule has 2 rings (SSSR count). The Kier molecular flexibility index (Phi) is 11.4. The van der Waals surface area contributed by atoms with Crippen molar-refractivity contribution in [1.82, 2.24) is 0 Å². The van der Waals surface area contributed by atoms with Crippen molar-refractivity contribution in [3.05, 3.63) is 35.9 Å². The summed E-state index contributed by atoms with van der Waals surface area (Å²) < 4.78 is 12.2. The highest BCUT2D eigenvalue weighted by atomic mass is 79.9. The van der Waals surface area contributed by atoms with Crippen LogP contribution in [0.2, 0.25) is 0 Å². The summed E-state index contributed by atoms with van der Waals surface area (Å²) in [6.45, 7) is 5.95. The predicted octanol–water partition coefficient (Wildman–Crippen LogP) is 8.22. The van der Waals surface area contributed by atoms with Gasteiger partial charge in [-0.2, -0.15) is 0 Å². The zero-order valence-electron chi connectivity index (χ0n) is 17.8. The topological polar surface area (TPSA) is 18.5 Å². The Bertz CT molecular complexity index is 684. The van der Waals surface area contributed by atoms with Gasteiger partial charge in [0.2, 0.25) is 0 Å². The third kappa shape index (κ3) is 8.03. The fourth-order valence-corrected chi connectivity index (χ4v) is 3.85. The van der Waals surface area contributed by atoms with Gasteiger partial charge in [0.15, 0.2) is 0 Å². The van der Waals surface area contributed by atoms with Gasteiger partial charge in [0.25, 0.3) is 0 Å². The Labute approximate surface area is 180 Å². The molecule has 0 amide bonds. The second-order valence-corrected chi connectivity index (χ2v) is 8.47. The summed E-state index contributed by atoms with van der Waals surface area (Å²) in [5, 5.41) is 3.46. The Morgan fingerprint density at radius 2 is 1.25 bits per heavy atom. The molecule has 0 atom stereocenters. The van der Waals surface area contributed by atoms with Gasteiger partial charge in [-0.3, -0.25) is 0 Å². The van der Waals surface area contributed by atoms with Crippen molar-refractivity contribution >= 4 is 26.7 Å². The fourth-order valence-electron chi connectivity index (χ4n) is 3.46. The van der Waals surface area contributed by atoms with Crippen LogP contribution in [0.1, 0.15) is 76.7 Å². The molecule has 156 valence electrons. The van der Waals surface area contributed by atoms with Crippen LogP contribution in [0.3, 0.4) is 0 Å². The van der Waals surface area contributed by atoms with Gasteiger partial charge in [-0.05, 0) is 44.4 Å². The Balaban J connectivity index is 1.89. The van der Waals surface area contributed by atoms with Gasteiger partial charge in [-0.15, -0.1) is 0 Å². The highest BCUT2D eigenvalue weighted by Gasteiger charge is 2.09. The molecule has 0 aromatic heterocycles. The van der Waals surface area contributed by atoms with Crippen LogP contribution in [-0.2, 0) is 0 Å². The Morgan fingerprint density at radius 3 is 1.89 bits per heavy atom. The molecule has 0 aliphatic carbocycles. The molecular weight excluding hydrogens is 412 g/mol. The zero-order chi connectivity index (χ0) is 20.0. The summed E-state index contributed by atoms with van der Waals surface area (Å²) in [5.41, 5.74) is 1.25. The Hall–Kier alpha value is -1.22. The van der Waals surface area contributed by atoms with Gasteiger partial charge >= 0.3 is 0 Å². The van der Waals surface area contributed by atoms with Crippen molar-refractivity contribution in [3.63, 3.8) is 0 Å². The second-order valence-electron chi connectivity index (χ2n) is 7.68. The molecule has 0 spiro atoms. The SMILES string of the molecule is CCCCCCOc1ccc(OCCCCCCCCBr)c2cc(C)ccc12. The van der Waals surface area contributed by atoms with E-state index in [9.17, 15) is 0 Å². The zero-order valence-corrected chi connectivity index (χ0v) is 19.4. The number of benzene rings is 2. The smallest absolute Gasteiger partial charge is 0.127 e. The average Bonchev–Trinajstić information content (AvgIpc) is 2.70. The van der Waals surface area contributed by atoms with Crippen LogP contribution < -0.4 is 9.47 Å². The Morgan fingerprint density at radius 1 is 0.679 bits per heavy atom. The summed E-state index contributed by atoms with van der Waals surface area (Å²) >= 11 is 3.49. The summed E-state index contributed by atoms with van der Waals surface area (Å²) in [6, 6.07) is 10.7. The van der Waals surface area contributed by atoms with Gasteiger partial charge in [-0.25, -0.2) is 0 Å². The molecule has 0 saturated heterocycles. The summed E-state index contributed by atoms with van der Waals surface area (Å²) in [6.07, 6.45) is 12.5. The molecule has 0 bridgehead atoms. The predicted molar refractivity (Wildman–Crippen MR) is 125 cm³/mol. The molecule has 0 unspecified atom stereocenters. The largest absolute Gasteiger partial charge is 0.493 e. The third-order valence-corrected chi connectivity index (χ3v) is 5.69. The van der Waals surface area contributed by atoms with Crippen molar-refractivity contribution < 1.29 is 9.47 Å². The van der Waals surface area contributed by atoms with E-state index in [0.717, 1.165) is 48.3 Å². The molecule has 3 heteroatoms. The molecule has 28 heavy (non-hydrogen) atoms. The molecular formula is C25H37BrO2. The van der Waals surface area contributed by atoms with Crippen molar-refractivity contribution in [3.8, 4) is 11.5 Å². The van der Waals surface area contributed by atoms with E-state index in [2.05, 4.69) is 60.1 Å². The number of ether oxygens (including phenoxy) is 2. The van der Waals surface area contributed by atoms with E-state index in [-0.39, 0.29) is 0 Å². The minimum Gasteiger partial charge on any atom is -0.493 e. The molecule has 0 aliphatic heterocycles. The van der Waals surface area contributed by atoms with Crippen LogP contribution in [0, 0.1) is 6.92 Å². The van der Waals surface area contributed by atoms with E-state index in [1.807, 2.05) is 0 Å². The molecule has 2 aromatic carbocycles. The second kappa shape index (κ2) is 13.9. The van der Waals surface area contributed by atoms with Crippen molar-refractivity contribution in [2.75, 3.05) is 18.5 Å². The lowest BCUT2D eigenvalue weighted by Gasteiger charge is -2.14. The summed E-state index contributed by atoms with van der Waals surface area (Å²) in [4.78, 5) is 0. The molecule has 0 fully saturated rings. The van der Waals surface area contributed by atoms with E-state index in [1.165, 1.54) is 62.3 Å². The number of rotatable bonds is 15. The maximum atomic E-state index is 6.15. The lowest BCUT2D eigenvalue weighted by molar-refractivity contribution is 0.301. The highest BCUT2D eigenvalue weighted by Crippen LogP contribution is 2.34. The van der Waals surface area contributed by atoms with Gasteiger partial charge in [0, 0.05) is 16.1 Å². The molecule has 2 aromatic rings. The van der Waals surface area contributed by atoms with E-state index < -0.39 is 0 Å². The number of unbranched alkanes of at least 4 members (excludes halogenated alkanes) is 8. The lowest BCUT2D eigenvalue weighted by Crippen LogP contribution is -2.01. The van der Waals surface area contributed by atoms with Gasteiger partial charge in [-0.1, -0.05) is 85.5 Å².